The minimum Gasteiger partial charge on any atom is -0.489 e. The van der Waals surface area contributed by atoms with E-state index in [0.29, 0.717) is 29.3 Å². The Balaban J connectivity index is 1.40. The van der Waals surface area contributed by atoms with Gasteiger partial charge >= 0.3 is 0 Å². The van der Waals surface area contributed by atoms with E-state index in [-0.39, 0.29) is 11.5 Å². The molecule has 0 bridgehead atoms. The average molecular weight is 397 g/mol. The zero-order valence-corrected chi connectivity index (χ0v) is 16.0. The summed E-state index contributed by atoms with van der Waals surface area (Å²) in [7, 11) is 0. The van der Waals surface area contributed by atoms with Gasteiger partial charge in [-0.1, -0.05) is 42.5 Å². The lowest BCUT2D eigenvalue weighted by molar-refractivity contribution is 0.102. The molecular weight excluding hydrogens is 378 g/mol. The monoisotopic (exact) mass is 397 g/mol. The molecule has 1 aromatic heterocycles. The largest absolute Gasteiger partial charge is 0.489 e. The fourth-order valence-electron chi connectivity index (χ4n) is 2.91. The number of hydrogen-bond acceptors (Lipinski definition) is 4. The van der Waals surface area contributed by atoms with E-state index in [0.717, 1.165) is 11.1 Å². The van der Waals surface area contributed by atoms with Gasteiger partial charge in [-0.25, -0.2) is 5.10 Å². The van der Waals surface area contributed by atoms with Crippen molar-refractivity contribution in [3.63, 3.8) is 0 Å². The van der Waals surface area contributed by atoms with Crippen LogP contribution < -0.4 is 15.6 Å². The van der Waals surface area contributed by atoms with Crippen LogP contribution in [-0.4, -0.2) is 16.1 Å². The molecule has 0 aliphatic heterocycles. The van der Waals surface area contributed by atoms with Gasteiger partial charge in [0.2, 0.25) is 0 Å². The Labute approximate surface area is 173 Å². The quantitative estimate of drug-likeness (QED) is 0.509. The molecule has 0 aliphatic carbocycles. The molecule has 0 fully saturated rings. The third-order valence-electron chi connectivity index (χ3n) is 4.46. The highest BCUT2D eigenvalue weighted by Gasteiger charge is 2.08. The minimum absolute atomic E-state index is 0.226. The summed E-state index contributed by atoms with van der Waals surface area (Å²) in [6, 6.07) is 27.2. The van der Waals surface area contributed by atoms with Crippen LogP contribution >= 0.6 is 0 Å². The van der Waals surface area contributed by atoms with Crippen molar-refractivity contribution in [1.82, 2.24) is 10.2 Å². The molecule has 30 heavy (non-hydrogen) atoms. The Morgan fingerprint density at radius 1 is 0.900 bits per heavy atom. The van der Waals surface area contributed by atoms with Gasteiger partial charge in [0.05, 0.1) is 5.69 Å². The lowest BCUT2D eigenvalue weighted by atomic mass is 10.1. The number of carbonyl (C=O) groups excluding carboxylic acids is 1. The van der Waals surface area contributed by atoms with Crippen LogP contribution in [0.1, 0.15) is 15.9 Å². The van der Waals surface area contributed by atoms with Crippen LogP contribution in [0.25, 0.3) is 11.3 Å². The molecule has 0 spiro atoms. The minimum atomic E-state index is -0.264. The number of anilines is 1. The summed E-state index contributed by atoms with van der Waals surface area (Å²) in [5.74, 6) is 0.470. The molecule has 4 rings (SSSR count). The van der Waals surface area contributed by atoms with Gasteiger partial charge in [-0.2, -0.15) is 5.10 Å². The first-order valence-electron chi connectivity index (χ1n) is 9.42. The number of amides is 1. The van der Waals surface area contributed by atoms with Crippen molar-refractivity contribution in [2.24, 2.45) is 0 Å². The summed E-state index contributed by atoms with van der Waals surface area (Å²) in [6.45, 7) is 0.470. The van der Waals surface area contributed by atoms with E-state index in [2.05, 4.69) is 15.5 Å². The fraction of sp³-hybridized carbons (Fsp3) is 0.0417. The van der Waals surface area contributed by atoms with Crippen molar-refractivity contribution in [3.05, 3.63) is 112 Å². The predicted molar refractivity (Wildman–Crippen MR) is 115 cm³/mol. The molecule has 2 N–H and O–H groups in total. The summed E-state index contributed by atoms with van der Waals surface area (Å²) >= 11 is 0. The molecule has 3 aromatic carbocycles. The van der Waals surface area contributed by atoms with E-state index in [4.69, 9.17) is 4.74 Å². The summed E-state index contributed by atoms with van der Waals surface area (Å²) < 4.78 is 5.75. The molecule has 6 nitrogen and oxygen atoms in total. The van der Waals surface area contributed by atoms with Crippen molar-refractivity contribution >= 4 is 11.6 Å². The van der Waals surface area contributed by atoms with Crippen LogP contribution in [0.3, 0.4) is 0 Å². The summed E-state index contributed by atoms with van der Waals surface area (Å²) in [6.07, 6.45) is 0. The first kappa shape index (κ1) is 19.1. The molecule has 1 heterocycles. The highest BCUT2D eigenvalue weighted by Crippen LogP contribution is 2.21. The number of hydrogen-bond donors (Lipinski definition) is 2. The number of carbonyl (C=O) groups is 1. The van der Waals surface area contributed by atoms with Gasteiger partial charge in [-0.3, -0.25) is 9.59 Å². The highest BCUT2D eigenvalue weighted by atomic mass is 16.5. The Morgan fingerprint density at radius 3 is 2.43 bits per heavy atom. The van der Waals surface area contributed by atoms with Gasteiger partial charge in [0, 0.05) is 22.9 Å². The third kappa shape index (κ3) is 4.80. The Kier molecular flexibility index (Phi) is 5.66. The molecule has 1 amide bonds. The van der Waals surface area contributed by atoms with Gasteiger partial charge in [0.1, 0.15) is 12.4 Å². The lowest BCUT2D eigenvalue weighted by Gasteiger charge is -2.09. The van der Waals surface area contributed by atoms with Crippen LogP contribution in [0.15, 0.2) is 95.8 Å². The van der Waals surface area contributed by atoms with Crippen molar-refractivity contribution in [1.29, 1.82) is 0 Å². The third-order valence-corrected chi connectivity index (χ3v) is 4.46. The molecule has 4 aromatic rings. The topological polar surface area (TPSA) is 84.1 Å². The first-order chi connectivity index (χ1) is 14.7. The SMILES string of the molecule is O=C(Nc1cccc(-c2ccc(=O)[nH]n2)c1)c1ccc(OCc2ccccc2)cc1. The maximum Gasteiger partial charge on any atom is 0.264 e. The van der Waals surface area contributed by atoms with Crippen LogP contribution in [0.5, 0.6) is 5.75 Å². The van der Waals surface area contributed by atoms with E-state index in [1.807, 2.05) is 42.5 Å². The number of aromatic amines is 1. The van der Waals surface area contributed by atoms with E-state index in [1.54, 1.807) is 42.5 Å². The Morgan fingerprint density at radius 2 is 1.70 bits per heavy atom. The smallest absolute Gasteiger partial charge is 0.264 e. The molecule has 0 atom stereocenters. The van der Waals surface area contributed by atoms with E-state index in [9.17, 15) is 9.59 Å². The number of ether oxygens (including phenoxy) is 1. The van der Waals surface area contributed by atoms with Gasteiger partial charge in [-0.05, 0) is 48.0 Å². The van der Waals surface area contributed by atoms with Crippen LogP contribution in [0.2, 0.25) is 0 Å². The number of nitrogens with one attached hydrogen (secondary N) is 2. The van der Waals surface area contributed by atoms with Crippen LogP contribution in [0, 0.1) is 0 Å². The molecule has 148 valence electrons. The zero-order valence-electron chi connectivity index (χ0n) is 16.0. The van der Waals surface area contributed by atoms with Crippen LogP contribution in [-0.2, 0) is 6.61 Å². The predicted octanol–water partition coefficient (Wildman–Crippen LogP) is 4.27. The van der Waals surface area contributed by atoms with Gasteiger partial charge in [0.15, 0.2) is 0 Å². The zero-order chi connectivity index (χ0) is 20.8. The second-order valence-electron chi connectivity index (χ2n) is 6.64. The van der Waals surface area contributed by atoms with Gasteiger partial charge in [-0.15, -0.1) is 0 Å². The number of benzene rings is 3. The number of H-pyrrole nitrogens is 1. The molecular formula is C24H19N3O3. The maximum absolute atomic E-state index is 12.6. The fourth-order valence-corrected chi connectivity index (χ4v) is 2.91. The number of aromatic nitrogens is 2. The van der Waals surface area contributed by atoms with Crippen LogP contribution in [0.4, 0.5) is 5.69 Å². The van der Waals surface area contributed by atoms with Crippen molar-refractivity contribution < 1.29 is 9.53 Å². The van der Waals surface area contributed by atoms with Crippen molar-refractivity contribution in [3.8, 4) is 17.0 Å². The van der Waals surface area contributed by atoms with Crippen molar-refractivity contribution in [2.75, 3.05) is 5.32 Å². The summed E-state index contributed by atoms with van der Waals surface area (Å²) in [5, 5.41) is 9.30. The number of rotatable bonds is 6. The molecule has 0 radical (unpaired) electrons. The number of nitrogens with zero attached hydrogens (tertiary/aromatic N) is 1. The Bertz CT molecular complexity index is 1180. The summed E-state index contributed by atoms with van der Waals surface area (Å²) in [4.78, 5) is 23.8. The molecule has 0 saturated heterocycles. The average Bonchev–Trinajstić information content (AvgIpc) is 2.79. The van der Waals surface area contributed by atoms with E-state index in [1.165, 1.54) is 6.07 Å². The molecule has 0 unspecified atom stereocenters. The molecule has 6 heteroatoms. The van der Waals surface area contributed by atoms with Gasteiger partial charge in [0.25, 0.3) is 11.5 Å². The highest BCUT2D eigenvalue weighted by molar-refractivity contribution is 6.04. The van der Waals surface area contributed by atoms with E-state index >= 15 is 0 Å². The first-order valence-corrected chi connectivity index (χ1v) is 9.42. The van der Waals surface area contributed by atoms with E-state index < -0.39 is 0 Å². The van der Waals surface area contributed by atoms with Crippen molar-refractivity contribution in [2.45, 2.75) is 6.61 Å². The summed E-state index contributed by atoms with van der Waals surface area (Å²) in [5.41, 5.74) is 3.37. The normalized spacial score (nSPS) is 10.4. The molecule has 0 aliphatic rings. The second-order valence-corrected chi connectivity index (χ2v) is 6.64. The standard InChI is InChI=1S/C24H19N3O3/c28-23-14-13-22(26-27-23)19-7-4-8-20(15-19)25-24(29)18-9-11-21(12-10-18)30-16-17-5-2-1-3-6-17/h1-15H,16H2,(H,25,29)(H,27,28). The maximum atomic E-state index is 12.6. The Hall–Kier alpha value is -4.19. The lowest BCUT2D eigenvalue weighted by Crippen LogP contribution is -2.12. The molecule has 0 saturated carbocycles. The van der Waals surface area contributed by atoms with Gasteiger partial charge < -0.3 is 10.1 Å². The second kappa shape index (κ2) is 8.87.